The summed E-state index contributed by atoms with van der Waals surface area (Å²) >= 11 is 3.85. The first-order chi connectivity index (χ1) is 14.6. The second kappa shape index (κ2) is 14.1. The molecule has 0 unspecified atom stereocenters. The number of aromatic hydroxyl groups is 2. The van der Waals surface area contributed by atoms with Crippen LogP contribution in [0, 0.1) is 6.92 Å². The Kier molecular flexibility index (Phi) is 12.3. The number of hydrogen-bond donors (Lipinski definition) is 2. The standard InChI is InChI=1S/2C10H8O.C6H6S.2ClH.Ti/c2*11-10-7-3-5-8-4-1-2-6-9(8)10;1-5-3-6(2)7-4-5;;;/h2*1-7,11H;1,3-4H,2H3;2*1H;/p-2. The monoisotopic (exact) mass is 516 g/mol. The summed E-state index contributed by atoms with van der Waals surface area (Å²) < 4.78 is 2.11. The quantitative estimate of drug-likeness (QED) is 0.324. The zero-order chi connectivity index (χ0) is 21.3. The second-order valence-electron chi connectivity index (χ2n) is 6.63. The number of thiophene rings is 1. The molecule has 0 radical (unpaired) electrons. The van der Waals surface area contributed by atoms with Gasteiger partial charge in [0.1, 0.15) is 11.5 Å². The fourth-order valence-electron chi connectivity index (χ4n) is 2.96. The van der Waals surface area contributed by atoms with Gasteiger partial charge in [-0.1, -0.05) is 72.8 Å². The smallest absolute Gasteiger partial charge is 0.123 e. The van der Waals surface area contributed by atoms with Gasteiger partial charge in [0.2, 0.25) is 0 Å². The van der Waals surface area contributed by atoms with Crippen LogP contribution in [0.4, 0.5) is 0 Å². The van der Waals surface area contributed by atoms with E-state index in [-0.39, 0.29) is 24.8 Å². The van der Waals surface area contributed by atoms with Crippen molar-refractivity contribution in [3.05, 3.63) is 107 Å². The van der Waals surface area contributed by atoms with Crippen LogP contribution in [0.15, 0.2) is 96.4 Å². The molecular formula is C26H22Cl2O2STi-2. The first kappa shape index (κ1) is 27.9. The van der Waals surface area contributed by atoms with Crippen LogP contribution in [0.25, 0.3) is 21.5 Å². The molecule has 0 amide bonds. The molecule has 2 nitrogen and oxygen atoms in total. The average Bonchev–Trinajstić information content (AvgIpc) is 3.21. The maximum absolute atomic E-state index is 9.37. The van der Waals surface area contributed by atoms with Crippen molar-refractivity contribution in [2.45, 2.75) is 6.92 Å². The maximum atomic E-state index is 9.37. The summed E-state index contributed by atoms with van der Waals surface area (Å²) in [6.45, 7) is 2.12. The van der Waals surface area contributed by atoms with Gasteiger partial charge >= 0.3 is 64.4 Å². The first-order valence-corrected chi connectivity index (χ1v) is 11.3. The number of hydrogen-bond acceptors (Lipinski definition) is 3. The Hall–Kier alpha value is -2.14. The van der Waals surface area contributed by atoms with Gasteiger partial charge in [0, 0.05) is 10.8 Å². The zero-order valence-corrected chi connectivity index (χ0v) is 21.3. The molecular weight excluding hydrogens is 495 g/mol. The molecule has 6 heteroatoms. The number of phenolic OH excluding ortho intramolecular Hbond substituents is 2. The molecule has 0 spiro atoms. The van der Waals surface area contributed by atoms with Gasteiger partial charge in [0.15, 0.2) is 0 Å². The molecule has 0 saturated heterocycles. The first-order valence-electron chi connectivity index (χ1n) is 9.47. The van der Waals surface area contributed by atoms with Crippen molar-refractivity contribution in [3.8, 4) is 11.5 Å². The Labute approximate surface area is 216 Å². The third-order valence-electron chi connectivity index (χ3n) is 4.45. The van der Waals surface area contributed by atoms with Gasteiger partial charge in [-0.3, -0.25) is 0 Å². The molecule has 0 aliphatic carbocycles. The molecule has 0 atom stereocenters. The molecule has 164 valence electrons. The number of fused-ring (bicyclic) bond motifs is 2. The third kappa shape index (κ3) is 7.77. The van der Waals surface area contributed by atoms with E-state index in [4.69, 9.17) is 0 Å². The number of benzene rings is 4. The van der Waals surface area contributed by atoms with Gasteiger partial charge in [0.25, 0.3) is 0 Å². The Morgan fingerprint density at radius 3 is 1.47 bits per heavy atom. The van der Waals surface area contributed by atoms with E-state index in [9.17, 15) is 10.2 Å². The Bertz CT molecular complexity index is 1180. The Morgan fingerprint density at radius 1 is 0.688 bits per heavy atom. The van der Waals surface area contributed by atoms with Gasteiger partial charge in [-0.25, -0.2) is 0 Å². The van der Waals surface area contributed by atoms with Gasteiger partial charge in [-0.15, -0.1) is 0 Å². The SMILES string of the molecule is Cc1cc([CH]=[Ti])cs1.Oc1cccc2ccccc12.Oc1cccc2ccccc12.[Cl-].[Cl-]. The summed E-state index contributed by atoms with van der Waals surface area (Å²) in [6, 6.07) is 28.8. The molecule has 4 aromatic carbocycles. The van der Waals surface area contributed by atoms with Crippen LogP contribution >= 0.6 is 11.3 Å². The minimum absolute atomic E-state index is 0. The molecule has 0 bridgehead atoms. The fourth-order valence-corrected chi connectivity index (χ4v) is 4.07. The Balaban J connectivity index is 0.000000236. The van der Waals surface area contributed by atoms with Crippen molar-refractivity contribution in [1.82, 2.24) is 0 Å². The molecule has 5 aromatic rings. The molecule has 0 aliphatic heterocycles. The minimum atomic E-state index is 0. The molecule has 0 saturated carbocycles. The minimum Gasteiger partial charge on any atom is -1.00 e. The summed E-state index contributed by atoms with van der Waals surface area (Å²) in [5.74, 6) is 0.700. The van der Waals surface area contributed by atoms with Gasteiger partial charge in [-0.05, 0) is 22.9 Å². The summed E-state index contributed by atoms with van der Waals surface area (Å²) in [5, 5.41) is 24.9. The summed E-state index contributed by atoms with van der Waals surface area (Å²) in [7, 11) is 0. The predicted octanol–water partition coefficient (Wildman–Crippen LogP) is 0.852. The molecule has 5 rings (SSSR count). The number of rotatable bonds is 1. The van der Waals surface area contributed by atoms with Crippen LogP contribution in [0.2, 0.25) is 0 Å². The van der Waals surface area contributed by atoms with Crippen LogP contribution in [-0.4, -0.2) is 14.5 Å². The van der Waals surface area contributed by atoms with E-state index in [0.717, 1.165) is 21.5 Å². The fraction of sp³-hybridized carbons (Fsp3) is 0.0385. The molecule has 1 aromatic heterocycles. The third-order valence-corrected chi connectivity index (χ3v) is 5.85. The van der Waals surface area contributed by atoms with Gasteiger partial charge < -0.3 is 35.0 Å². The molecule has 2 N–H and O–H groups in total. The van der Waals surface area contributed by atoms with Crippen molar-refractivity contribution in [2.24, 2.45) is 0 Å². The molecule has 1 heterocycles. The number of aryl methyl sites for hydroxylation is 1. The van der Waals surface area contributed by atoms with Gasteiger partial charge in [-0.2, -0.15) is 0 Å². The van der Waals surface area contributed by atoms with Crippen molar-refractivity contribution in [2.75, 3.05) is 0 Å². The van der Waals surface area contributed by atoms with E-state index < -0.39 is 0 Å². The van der Waals surface area contributed by atoms with E-state index in [0.29, 0.717) is 11.5 Å². The normalized spacial score (nSPS) is 9.25. The molecule has 0 fully saturated rings. The molecule has 32 heavy (non-hydrogen) atoms. The summed E-state index contributed by atoms with van der Waals surface area (Å²) in [6.07, 6.45) is 0. The van der Waals surface area contributed by atoms with Crippen LogP contribution < -0.4 is 24.8 Å². The Morgan fingerprint density at radius 2 is 1.12 bits per heavy atom. The van der Waals surface area contributed by atoms with E-state index in [1.54, 1.807) is 23.5 Å². The van der Waals surface area contributed by atoms with E-state index in [2.05, 4.69) is 42.7 Å². The predicted molar refractivity (Wildman–Crippen MR) is 125 cm³/mol. The summed E-state index contributed by atoms with van der Waals surface area (Å²) in [4.78, 5) is 1.39. The van der Waals surface area contributed by atoms with Crippen molar-refractivity contribution < 1.29 is 55.0 Å². The topological polar surface area (TPSA) is 40.5 Å². The largest absolute Gasteiger partial charge is 1.00 e. The maximum Gasteiger partial charge on any atom is 0.123 e. The average molecular weight is 517 g/mol. The van der Waals surface area contributed by atoms with Crippen molar-refractivity contribution in [3.63, 3.8) is 0 Å². The summed E-state index contributed by atoms with van der Waals surface area (Å²) in [5.41, 5.74) is 1.34. The number of halogens is 2. The van der Waals surface area contributed by atoms with Crippen LogP contribution in [0.3, 0.4) is 0 Å². The van der Waals surface area contributed by atoms with Gasteiger partial charge in [0.05, 0.1) is 0 Å². The zero-order valence-electron chi connectivity index (χ0n) is 17.4. The van der Waals surface area contributed by atoms with Crippen molar-refractivity contribution in [1.29, 1.82) is 0 Å². The van der Waals surface area contributed by atoms with Crippen LogP contribution in [0.5, 0.6) is 11.5 Å². The van der Waals surface area contributed by atoms with Crippen LogP contribution in [0.1, 0.15) is 10.4 Å². The van der Waals surface area contributed by atoms with E-state index >= 15 is 0 Å². The number of phenols is 2. The van der Waals surface area contributed by atoms with E-state index in [1.165, 1.54) is 10.4 Å². The van der Waals surface area contributed by atoms with E-state index in [1.807, 2.05) is 72.8 Å². The van der Waals surface area contributed by atoms with Crippen LogP contribution in [-0.2, 0) is 20.0 Å². The molecule has 0 aliphatic rings. The second-order valence-corrected chi connectivity index (χ2v) is 8.20. The van der Waals surface area contributed by atoms with Crippen molar-refractivity contribution >= 4 is 37.2 Å².